The van der Waals surface area contributed by atoms with Crippen LogP contribution >= 0.6 is 8.03 Å². The first-order valence-corrected chi connectivity index (χ1v) is 4.64. The van der Waals surface area contributed by atoms with Crippen molar-refractivity contribution in [2.75, 3.05) is 7.11 Å². The van der Waals surface area contributed by atoms with Crippen LogP contribution < -0.4 is 0 Å². The molecule has 1 atom stereocenters. The first kappa shape index (κ1) is 8.99. The average molecular weight is 181 g/mol. The van der Waals surface area contributed by atoms with E-state index in [0.717, 1.165) is 5.56 Å². The summed E-state index contributed by atoms with van der Waals surface area (Å²) >= 11 is 0. The van der Waals surface area contributed by atoms with Gasteiger partial charge in [-0.3, -0.25) is 9.55 Å². The average Bonchev–Trinajstić information content (AvgIpc) is 2.16. The molecule has 4 heteroatoms. The molecule has 0 saturated carbocycles. The van der Waals surface area contributed by atoms with E-state index in [0.29, 0.717) is 0 Å². The Balaban J connectivity index is 2.74. The predicted molar refractivity (Wildman–Crippen MR) is 47.1 cm³/mol. The van der Waals surface area contributed by atoms with E-state index in [2.05, 4.69) is 21.1 Å². The first-order valence-electron chi connectivity index (χ1n) is 3.33. The lowest BCUT2D eigenvalue weighted by Gasteiger charge is -1.86. The summed E-state index contributed by atoms with van der Waals surface area (Å²) in [5.41, 5.74) is 3.23. The van der Waals surface area contributed by atoms with Crippen molar-refractivity contribution in [3.63, 3.8) is 0 Å². The van der Waals surface area contributed by atoms with Gasteiger partial charge in [-0.2, -0.15) is 0 Å². The van der Waals surface area contributed by atoms with Crippen LogP contribution in [-0.2, 0) is 9.09 Å². The fourth-order valence-electron chi connectivity index (χ4n) is 0.611. The molecular weight excluding hydrogens is 173 g/mol. The van der Waals surface area contributed by atoms with Gasteiger partial charge in [0, 0.05) is 25.1 Å². The van der Waals surface area contributed by atoms with Crippen molar-refractivity contribution in [1.82, 2.24) is 4.98 Å². The maximum atomic E-state index is 10.8. The zero-order valence-electron chi connectivity index (χ0n) is 6.57. The van der Waals surface area contributed by atoms with Crippen LogP contribution in [0.3, 0.4) is 0 Å². The Morgan fingerprint density at radius 1 is 1.67 bits per heavy atom. The molecule has 0 amide bonds. The SMILES string of the molecule is CO[PH](=O)C#Cc1cccnc1. The molecule has 0 spiro atoms. The fraction of sp³-hybridized carbons (Fsp3) is 0.125. The van der Waals surface area contributed by atoms with Crippen molar-refractivity contribution in [1.29, 1.82) is 0 Å². The molecule has 0 aliphatic rings. The van der Waals surface area contributed by atoms with Crippen molar-refractivity contribution in [3.05, 3.63) is 30.1 Å². The van der Waals surface area contributed by atoms with Gasteiger partial charge in [-0.05, 0) is 17.8 Å². The monoisotopic (exact) mass is 181 g/mol. The lowest BCUT2D eigenvalue weighted by atomic mass is 10.3. The van der Waals surface area contributed by atoms with E-state index in [-0.39, 0.29) is 0 Å². The minimum absolute atomic E-state index is 0.743. The third kappa shape index (κ3) is 2.87. The Morgan fingerprint density at radius 3 is 3.08 bits per heavy atom. The van der Waals surface area contributed by atoms with Gasteiger partial charge in [0.15, 0.2) is 0 Å². The van der Waals surface area contributed by atoms with E-state index in [9.17, 15) is 4.57 Å². The summed E-state index contributed by atoms with van der Waals surface area (Å²) in [7, 11) is -0.791. The number of hydrogen-bond acceptors (Lipinski definition) is 3. The second kappa shape index (κ2) is 4.71. The highest BCUT2D eigenvalue weighted by atomic mass is 31.1. The first-order chi connectivity index (χ1) is 5.83. The largest absolute Gasteiger partial charge is 0.325 e. The fourth-order valence-corrected chi connectivity index (χ4v) is 0.959. The van der Waals surface area contributed by atoms with Crippen molar-refractivity contribution in [3.8, 4) is 11.6 Å². The molecule has 1 unspecified atom stereocenters. The van der Waals surface area contributed by atoms with Crippen molar-refractivity contribution in [2.24, 2.45) is 0 Å². The van der Waals surface area contributed by atoms with E-state index in [1.165, 1.54) is 7.11 Å². The highest BCUT2D eigenvalue weighted by molar-refractivity contribution is 7.45. The van der Waals surface area contributed by atoms with Gasteiger partial charge >= 0.3 is 0 Å². The molecule has 0 aromatic carbocycles. The van der Waals surface area contributed by atoms with Crippen molar-refractivity contribution >= 4 is 8.03 Å². The second-order valence-electron chi connectivity index (χ2n) is 1.98. The number of hydrogen-bond donors (Lipinski definition) is 0. The molecule has 0 N–H and O–H groups in total. The second-order valence-corrected chi connectivity index (χ2v) is 3.22. The molecule has 12 heavy (non-hydrogen) atoms. The van der Waals surface area contributed by atoms with Crippen LogP contribution in [0.2, 0.25) is 0 Å². The third-order valence-electron chi connectivity index (χ3n) is 1.16. The predicted octanol–water partition coefficient (Wildman–Crippen LogP) is 1.51. The number of aromatic nitrogens is 1. The maximum Gasteiger partial charge on any atom is 0.262 e. The van der Waals surface area contributed by atoms with E-state index < -0.39 is 8.03 Å². The molecule has 0 fully saturated rings. The molecule has 1 heterocycles. The van der Waals surface area contributed by atoms with Crippen LogP contribution in [0.5, 0.6) is 0 Å². The van der Waals surface area contributed by atoms with Crippen molar-refractivity contribution in [2.45, 2.75) is 0 Å². The minimum Gasteiger partial charge on any atom is -0.325 e. The van der Waals surface area contributed by atoms with E-state index in [1.54, 1.807) is 24.5 Å². The Kier molecular flexibility index (Phi) is 3.53. The van der Waals surface area contributed by atoms with Crippen LogP contribution in [0.4, 0.5) is 0 Å². The maximum absolute atomic E-state index is 10.8. The van der Waals surface area contributed by atoms with Crippen LogP contribution in [0.1, 0.15) is 5.56 Å². The van der Waals surface area contributed by atoms with Crippen LogP contribution in [0.25, 0.3) is 0 Å². The summed E-state index contributed by atoms with van der Waals surface area (Å²) in [4.78, 5) is 3.85. The molecular formula is C8H8NO2P. The molecule has 0 aliphatic carbocycles. The minimum atomic E-state index is -2.17. The topological polar surface area (TPSA) is 39.2 Å². The quantitative estimate of drug-likeness (QED) is 0.487. The molecule has 0 bridgehead atoms. The van der Waals surface area contributed by atoms with E-state index in [4.69, 9.17) is 0 Å². The molecule has 0 saturated heterocycles. The molecule has 62 valence electrons. The summed E-state index contributed by atoms with van der Waals surface area (Å²) in [6, 6.07) is 3.57. The molecule has 1 rings (SSSR count). The molecule has 1 aromatic rings. The van der Waals surface area contributed by atoms with E-state index in [1.807, 2.05) is 0 Å². The van der Waals surface area contributed by atoms with Crippen LogP contribution in [-0.4, -0.2) is 12.1 Å². The van der Waals surface area contributed by atoms with Gasteiger partial charge in [0.25, 0.3) is 8.03 Å². The molecule has 3 nitrogen and oxygen atoms in total. The number of nitrogens with zero attached hydrogens (tertiary/aromatic N) is 1. The zero-order chi connectivity index (χ0) is 8.81. The summed E-state index contributed by atoms with van der Waals surface area (Å²) in [5, 5.41) is 0. The van der Waals surface area contributed by atoms with Gasteiger partial charge < -0.3 is 4.52 Å². The standard InChI is InChI=1S/C8H8NO2P/c1-11-12(10)6-4-8-3-2-5-9-7-8/h2-3,5,7,12H,1H3. The Bertz CT molecular complexity index is 326. The molecule has 0 radical (unpaired) electrons. The lowest BCUT2D eigenvalue weighted by Crippen LogP contribution is -1.73. The number of pyridine rings is 1. The summed E-state index contributed by atoms with van der Waals surface area (Å²) < 4.78 is 15.3. The summed E-state index contributed by atoms with van der Waals surface area (Å²) in [6.07, 6.45) is 3.27. The normalized spacial score (nSPS) is 11.4. The lowest BCUT2D eigenvalue weighted by molar-refractivity contribution is 0.424. The summed E-state index contributed by atoms with van der Waals surface area (Å²) in [6.45, 7) is 0. The Hall–Kier alpha value is -1.10. The van der Waals surface area contributed by atoms with Crippen LogP contribution in [0.15, 0.2) is 24.5 Å². The zero-order valence-corrected chi connectivity index (χ0v) is 7.57. The highest BCUT2D eigenvalue weighted by Crippen LogP contribution is 2.16. The smallest absolute Gasteiger partial charge is 0.262 e. The van der Waals surface area contributed by atoms with Gasteiger partial charge in [0.1, 0.15) is 0 Å². The number of rotatable bonds is 1. The molecule has 0 aliphatic heterocycles. The van der Waals surface area contributed by atoms with Gasteiger partial charge in [-0.15, -0.1) is 0 Å². The van der Waals surface area contributed by atoms with Crippen molar-refractivity contribution < 1.29 is 9.09 Å². The highest BCUT2D eigenvalue weighted by Gasteiger charge is 1.86. The van der Waals surface area contributed by atoms with Crippen LogP contribution in [0, 0.1) is 11.6 Å². The Morgan fingerprint density at radius 2 is 2.50 bits per heavy atom. The Labute approximate surface area is 71.7 Å². The van der Waals surface area contributed by atoms with Gasteiger partial charge in [-0.25, -0.2) is 0 Å². The van der Waals surface area contributed by atoms with Gasteiger partial charge in [0.05, 0.1) is 0 Å². The van der Waals surface area contributed by atoms with Gasteiger partial charge in [0.2, 0.25) is 0 Å². The third-order valence-corrected chi connectivity index (χ3v) is 1.86. The summed E-state index contributed by atoms with van der Waals surface area (Å²) in [5.74, 6) is 2.69. The van der Waals surface area contributed by atoms with E-state index >= 15 is 0 Å². The van der Waals surface area contributed by atoms with Gasteiger partial charge in [-0.1, -0.05) is 5.92 Å². The molecule has 1 aromatic heterocycles.